The predicted molar refractivity (Wildman–Crippen MR) is 130 cm³/mol. The van der Waals surface area contributed by atoms with Crippen LogP contribution < -0.4 is 0 Å². The Labute approximate surface area is 191 Å². The SMILES string of the molecule is CCOCCCN1C(=O)/C(=C/c2cn(-c3ccccc3)nc2-c2ccccc2)SC1=S. The van der Waals surface area contributed by atoms with Crippen LogP contribution in [0.4, 0.5) is 0 Å². The lowest BCUT2D eigenvalue weighted by atomic mass is 10.1. The minimum Gasteiger partial charge on any atom is -0.382 e. The summed E-state index contributed by atoms with van der Waals surface area (Å²) < 4.78 is 7.81. The number of nitrogens with zero attached hydrogens (tertiary/aromatic N) is 3. The average molecular weight is 450 g/mol. The van der Waals surface area contributed by atoms with Crippen LogP contribution in [0.5, 0.6) is 0 Å². The van der Waals surface area contributed by atoms with Gasteiger partial charge in [0.1, 0.15) is 4.32 Å². The van der Waals surface area contributed by atoms with Crippen molar-refractivity contribution in [1.29, 1.82) is 0 Å². The third kappa shape index (κ3) is 4.95. The number of rotatable bonds is 8. The van der Waals surface area contributed by atoms with E-state index in [1.54, 1.807) is 4.90 Å². The lowest BCUT2D eigenvalue weighted by molar-refractivity contribution is -0.122. The van der Waals surface area contributed by atoms with Gasteiger partial charge in [0.15, 0.2) is 0 Å². The highest BCUT2D eigenvalue weighted by molar-refractivity contribution is 8.26. The Morgan fingerprint density at radius 2 is 1.81 bits per heavy atom. The standard InChI is InChI=1S/C24H23N3O2S2/c1-2-29-15-9-14-26-23(28)21(31-24(26)30)16-19-17-27(20-12-7-4-8-13-20)25-22(19)18-10-5-3-6-11-18/h3-8,10-13,16-17H,2,9,14-15H2,1H3/b21-16-. The van der Waals surface area contributed by atoms with E-state index >= 15 is 0 Å². The van der Waals surface area contributed by atoms with E-state index in [9.17, 15) is 4.79 Å². The second-order valence-electron chi connectivity index (χ2n) is 6.96. The van der Waals surface area contributed by atoms with Gasteiger partial charge in [-0.25, -0.2) is 4.68 Å². The van der Waals surface area contributed by atoms with Gasteiger partial charge in [-0.15, -0.1) is 0 Å². The number of thiocarbonyl (C=S) groups is 1. The molecule has 2 heterocycles. The maximum absolute atomic E-state index is 13.0. The number of aromatic nitrogens is 2. The maximum atomic E-state index is 13.0. The van der Waals surface area contributed by atoms with Crippen LogP contribution >= 0.6 is 24.0 Å². The summed E-state index contributed by atoms with van der Waals surface area (Å²) in [7, 11) is 0. The molecular formula is C24H23N3O2S2. The van der Waals surface area contributed by atoms with E-state index in [2.05, 4.69) is 0 Å². The topological polar surface area (TPSA) is 47.4 Å². The van der Waals surface area contributed by atoms with Crippen LogP contribution in [0.1, 0.15) is 18.9 Å². The molecule has 1 aromatic heterocycles. The molecule has 0 bridgehead atoms. The van der Waals surface area contributed by atoms with Gasteiger partial charge < -0.3 is 4.74 Å². The van der Waals surface area contributed by atoms with Gasteiger partial charge in [-0.2, -0.15) is 5.10 Å². The predicted octanol–water partition coefficient (Wildman–Crippen LogP) is 5.17. The molecule has 2 aromatic carbocycles. The second kappa shape index (κ2) is 10.0. The molecule has 1 aliphatic rings. The van der Waals surface area contributed by atoms with E-state index in [1.165, 1.54) is 11.8 Å². The first-order valence-electron chi connectivity index (χ1n) is 10.2. The number of thioether (sulfide) groups is 1. The minimum atomic E-state index is -0.0574. The van der Waals surface area contributed by atoms with E-state index in [0.717, 1.165) is 28.9 Å². The molecule has 1 fully saturated rings. The third-order valence-electron chi connectivity index (χ3n) is 4.85. The summed E-state index contributed by atoms with van der Waals surface area (Å²) in [6.07, 6.45) is 4.62. The van der Waals surface area contributed by atoms with Crippen molar-refractivity contribution in [1.82, 2.24) is 14.7 Å². The fraction of sp³-hybridized carbons (Fsp3) is 0.208. The second-order valence-corrected chi connectivity index (χ2v) is 8.64. The van der Waals surface area contributed by atoms with Gasteiger partial charge in [-0.05, 0) is 31.6 Å². The number of amides is 1. The van der Waals surface area contributed by atoms with E-state index in [-0.39, 0.29) is 5.91 Å². The highest BCUT2D eigenvalue weighted by Gasteiger charge is 2.32. The van der Waals surface area contributed by atoms with Crippen molar-refractivity contribution < 1.29 is 9.53 Å². The van der Waals surface area contributed by atoms with Gasteiger partial charge in [0.25, 0.3) is 5.91 Å². The first kappa shape index (κ1) is 21.5. The minimum absolute atomic E-state index is 0.0574. The molecule has 1 aliphatic heterocycles. The zero-order valence-corrected chi connectivity index (χ0v) is 18.9. The van der Waals surface area contributed by atoms with Crippen LogP contribution in [0.25, 0.3) is 23.0 Å². The number of hydrogen-bond acceptors (Lipinski definition) is 5. The highest BCUT2D eigenvalue weighted by Crippen LogP contribution is 2.34. The largest absolute Gasteiger partial charge is 0.382 e. The molecule has 0 unspecified atom stereocenters. The fourth-order valence-corrected chi connectivity index (χ4v) is 4.63. The Hall–Kier alpha value is -2.74. The van der Waals surface area contributed by atoms with Gasteiger partial charge in [-0.3, -0.25) is 9.69 Å². The van der Waals surface area contributed by atoms with Gasteiger partial charge in [0, 0.05) is 37.1 Å². The van der Waals surface area contributed by atoms with Crippen molar-refractivity contribution in [3.8, 4) is 16.9 Å². The molecule has 0 N–H and O–H groups in total. The summed E-state index contributed by atoms with van der Waals surface area (Å²) in [5.74, 6) is -0.0574. The zero-order valence-electron chi connectivity index (χ0n) is 17.2. The van der Waals surface area contributed by atoms with Gasteiger partial charge in [0.05, 0.1) is 16.3 Å². The number of carbonyl (C=O) groups is 1. The summed E-state index contributed by atoms with van der Waals surface area (Å²) in [4.78, 5) is 15.3. The smallest absolute Gasteiger partial charge is 0.266 e. The van der Waals surface area contributed by atoms with Crippen LogP contribution in [-0.2, 0) is 9.53 Å². The molecule has 0 radical (unpaired) electrons. The van der Waals surface area contributed by atoms with Crippen LogP contribution in [0.2, 0.25) is 0 Å². The first-order chi connectivity index (χ1) is 15.2. The first-order valence-corrected chi connectivity index (χ1v) is 11.4. The van der Waals surface area contributed by atoms with E-state index in [0.29, 0.717) is 29.0 Å². The monoisotopic (exact) mass is 449 g/mol. The summed E-state index contributed by atoms with van der Waals surface area (Å²) in [6.45, 7) is 3.82. The molecule has 3 aromatic rings. The summed E-state index contributed by atoms with van der Waals surface area (Å²) in [5, 5.41) is 4.81. The number of carbonyl (C=O) groups excluding carboxylic acids is 1. The van der Waals surface area contributed by atoms with Gasteiger partial charge in [0.2, 0.25) is 0 Å². The van der Waals surface area contributed by atoms with Crippen molar-refractivity contribution >= 4 is 40.3 Å². The summed E-state index contributed by atoms with van der Waals surface area (Å²) >= 11 is 6.80. The molecule has 7 heteroatoms. The Kier molecular flexibility index (Phi) is 6.96. The highest BCUT2D eigenvalue weighted by atomic mass is 32.2. The van der Waals surface area contributed by atoms with Crippen molar-refractivity contribution in [2.75, 3.05) is 19.8 Å². The molecule has 158 valence electrons. The van der Waals surface area contributed by atoms with Crippen molar-refractivity contribution in [2.24, 2.45) is 0 Å². The Bertz CT molecular complexity index is 1090. The molecule has 0 saturated carbocycles. The normalized spacial score (nSPS) is 15.3. The number of hydrogen-bond donors (Lipinski definition) is 0. The number of benzene rings is 2. The quantitative estimate of drug-likeness (QED) is 0.270. The van der Waals surface area contributed by atoms with Crippen molar-refractivity contribution in [2.45, 2.75) is 13.3 Å². The third-order valence-corrected chi connectivity index (χ3v) is 6.22. The van der Waals surface area contributed by atoms with Gasteiger partial charge in [-0.1, -0.05) is 72.5 Å². The van der Waals surface area contributed by atoms with Crippen LogP contribution in [0.3, 0.4) is 0 Å². The lowest BCUT2D eigenvalue weighted by Crippen LogP contribution is -2.29. The fourth-order valence-electron chi connectivity index (χ4n) is 3.33. The molecular weight excluding hydrogens is 426 g/mol. The van der Waals surface area contributed by atoms with E-state index in [4.69, 9.17) is 22.1 Å². The molecule has 31 heavy (non-hydrogen) atoms. The van der Waals surface area contributed by atoms with Crippen LogP contribution in [0, 0.1) is 0 Å². The van der Waals surface area contributed by atoms with E-state index < -0.39 is 0 Å². The Balaban J connectivity index is 1.65. The Morgan fingerprint density at radius 3 is 2.52 bits per heavy atom. The molecule has 0 spiro atoms. The molecule has 0 atom stereocenters. The van der Waals surface area contributed by atoms with Gasteiger partial charge >= 0.3 is 0 Å². The molecule has 1 saturated heterocycles. The Morgan fingerprint density at radius 1 is 1.10 bits per heavy atom. The lowest BCUT2D eigenvalue weighted by Gasteiger charge is -2.13. The number of ether oxygens (including phenoxy) is 1. The molecule has 1 amide bonds. The van der Waals surface area contributed by atoms with Crippen LogP contribution in [0.15, 0.2) is 71.8 Å². The van der Waals surface area contributed by atoms with Crippen molar-refractivity contribution in [3.05, 3.63) is 77.3 Å². The summed E-state index contributed by atoms with van der Waals surface area (Å²) in [5.41, 5.74) is 3.66. The maximum Gasteiger partial charge on any atom is 0.266 e. The summed E-state index contributed by atoms with van der Waals surface area (Å²) in [6, 6.07) is 19.9. The molecule has 5 nitrogen and oxygen atoms in total. The van der Waals surface area contributed by atoms with Crippen LogP contribution in [-0.4, -0.2) is 44.7 Å². The zero-order chi connectivity index (χ0) is 21.6. The average Bonchev–Trinajstić information content (AvgIpc) is 3.34. The van der Waals surface area contributed by atoms with E-state index in [1.807, 2.05) is 84.5 Å². The number of para-hydroxylation sites is 1. The molecule has 0 aliphatic carbocycles. The molecule has 4 rings (SSSR count). The van der Waals surface area contributed by atoms with Crippen molar-refractivity contribution in [3.63, 3.8) is 0 Å².